The second kappa shape index (κ2) is 4.53. The molecule has 1 atom stereocenters. The van der Waals surface area contributed by atoms with Gasteiger partial charge in [-0.3, -0.25) is 0 Å². The van der Waals surface area contributed by atoms with Gasteiger partial charge in [0.25, 0.3) is 0 Å². The van der Waals surface area contributed by atoms with Crippen molar-refractivity contribution >= 4 is 5.69 Å². The van der Waals surface area contributed by atoms with Crippen LogP contribution < -0.4 is 10.1 Å². The van der Waals surface area contributed by atoms with E-state index in [1.807, 2.05) is 18.2 Å². The minimum atomic E-state index is -0.822. The number of para-hydroxylation sites is 1. The van der Waals surface area contributed by atoms with E-state index in [1.165, 1.54) is 6.07 Å². The lowest BCUT2D eigenvalue weighted by Crippen LogP contribution is -2.06. The van der Waals surface area contributed by atoms with Crippen molar-refractivity contribution in [2.75, 3.05) is 12.4 Å². The summed E-state index contributed by atoms with van der Waals surface area (Å²) >= 11 is 0. The van der Waals surface area contributed by atoms with Gasteiger partial charge in [0.2, 0.25) is 0 Å². The van der Waals surface area contributed by atoms with Crippen molar-refractivity contribution in [2.24, 2.45) is 0 Å². The van der Waals surface area contributed by atoms with Gasteiger partial charge >= 0.3 is 0 Å². The third-order valence-electron chi connectivity index (χ3n) is 3.42. The Kier molecular flexibility index (Phi) is 2.85. The summed E-state index contributed by atoms with van der Waals surface area (Å²) in [6, 6.07) is 9.75. The number of hydrogen-bond donors (Lipinski definition) is 1. The van der Waals surface area contributed by atoms with Crippen LogP contribution in [0.4, 0.5) is 14.5 Å². The molecule has 19 heavy (non-hydrogen) atoms. The number of nitrogens with one attached hydrogen (secondary N) is 1. The first-order chi connectivity index (χ1) is 9.19. The van der Waals surface area contributed by atoms with Crippen molar-refractivity contribution in [3.8, 4) is 5.75 Å². The lowest BCUT2D eigenvalue weighted by molar-refractivity contribution is 0.416. The number of halogens is 2. The van der Waals surface area contributed by atoms with Gasteiger partial charge in [0.05, 0.1) is 18.8 Å². The Balaban J connectivity index is 1.93. The second-order valence-corrected chi connectivity index (χ2v) is 4.57. The Morgan fingerprint density at radius 2 is 2.00 bits per heavy atom. The topological polar surface area (TPSA) is 21.3 Å². The predicted molar refractivity (Wildman–Crippen MR) is 69.4 cm³/mol. The van der Waals surface area contributed by atoms with Gasteiger partial charge in [-0.15, -0.1) is 0 Å². The third-order valence-corrected chi connectivity index (χ3v) is 3.42. The molecule has 0 radical (unpaired) electrons. The highest BCUT2D eigenvalue weighted by Gasteiger charge is 2.25. The van der Waals surface area contributed by atoms with Gasteiger partial charge in [-0.25, -0.2) is 8.78 Å². The average Bonchev–Trinajstić information content (AvgIpc) is 2.85. The van der Waals surface area contributed by atoms with E-state index in [4.69, 9.17) is 4.74 Å². The molecule has 1 N–H and O–H groups in total. The number of hydrogen-bond acceptors (Lipinski definition) is 2. The monoisotopic (exact) mass is 261 g/mol. The Morgan fingerprint density at radius 1 is 1.16 bits per heavy atom. The van der Waals surface area contributed by atoms with E-state index in [-0.39, 0.29) is 6.04 Å². The summed E-state index contributed by atoms with van der Waals surface area (Å²) < 4.78 is 31.5. The van der Waals surface area contributed by atoms with Gasteiger partial charge in [-0.2, -0.15) is 0 Å². The molecule has 0 spiro atoms. The van der Waals surface area contributed by atoms with E-state index in [1.54, 1.807) is 13.2 Å². The zero-order valence-electron chi connectivity index (χ0n) is 10.4. The van der Waals surface area contributed by atoms with Crippen molar-refractivity contribution in [3.63, 3.8) is 0 Å². The normalized spacial score (nSPS) is 16.9. The number of fused-ring (bicyclic) bond motifs is 1. The van der Waals surface area contributed by atoms with Crippen molar-refractivity contribution in [1.29, 1.82) is 0 Å². The van der Waals surface area contributed by atoms with Gasteiger partial charge in [-0.1, -0.05) is 18.2 Å². The van der Waals surface area contributed by atoms with Crippen molar-refractivity contribution in [1.82, 2.24) is 0 Å². The molecule has 3 rings (SSSR count). The second-order valence-electron chi connectivity index (χ2n) is 4.57. The van der Waals surface area contributed by atoms with Gasteiger partial charge in [0.1, 0.15) is 5.75 Å². The van der Waals surface area contributed by atoms with E-state index in [9.17, 15) is 8.78 Å². The molecular formula is C15H13F2NO. The maximum absolute atomic E-state index is 13.3. The predicted octanol–water partition coefficient (Wildman–Crippen LogP) is 3.68. The molecule has 1 heterocycles. The molecule has 0 amide bonds. The SMILES string of the molecule is COc1cccc2c1NC(c1ccc(F)c(F)c1)C2. The van der Waals surface area contributed by atoms with Crippen molar-refractivity contribution in [3.05, 3.63) is 59.2 Å². The van der Waals surface area contributed by atoms with Crippen LogP contribution in [0.3, 0.4) is 0 Å². The Bertz CT molecular complexity index is 628. The van der Waals surface area contributed by atoms with Crippen molar-refractivity contribution < 1.29 is 13.5 Å². The summed E-state index contributed by atoms with van der Waals surface area (Å²) in [6.07, 6.45) is 0.734. The lowest BCUT2D eigenvalue weighted by atomic mass is 10.0. The van der Waals surface area contributed by atoms with Crippen LogP contribution in [0, 0.1) is 11.6 Å². The molecule has 0 bridgehead atoms. The fraction of sp³-hybridized carbons (Fsp3) is 0.200. The summed E-state index contributed by atoms with van der Waals surface area (Å²) in [4.78, 5) is 0. The first kappa shape index (κ1) is 12.0. The maximum atomic E-state index is 13.3. The fourth-order valence-electron chi connectivity index (χ4n) is 2.46. The number of rotatable bonds is 2. The molecule has 2 aromatic carbocycles. The molecule has 2 aromatic rings. The van der Waals surface area contributed by atoms with E-state index in [0.717, 1.165) is 35.1 Å². The quantitative estimate of drug-likeness (QED) is 0.890. The standard InChI is InChI=1S/C15H13F2NO/c1-19-14-4-2-3-10-8-13(18-15(10)14)9-5-6-11(16)12(17)7-9/h2-7,13,18H,8H2,1H3. The molecule has 1 aliphatic heterocycles. The van der Waals surface area contributed by atoms with E-state index in [0.29, 0.717) is 0 Å². The average molecular weight is 261 g/mol. The van der Waals surface area contributed by atoms with E-state index < -0.39 is 11.6 Å². The maximum Gasteiger partial charge on any atom is 0.159 e. The summed E-state index contributed by atoms with van der Waals surface area (Å²) in [5.41, 5.74) is 2.78. The Hall–Kier alpha value is -2.10. The molecule has 98 valence electrons. The molecule has 0 fully saturated rings. The van der Waals surface area contributed by atoms with Crippen LogP contribution in [0.25, 0.3) is 0 Å². The number of benzene rings is 2. The molecule has 1 unspecified atom stereocenters. The molecule has 0 saturated heterocycles. The molecule has 1 aliphatic rings. The smallest absolute Gasteiger partial charge is 0.159 e. The van der Waals surface area contributed by atoms with Crippen LogP contribution in [-0.4, -0.2) is 7.11 Å². The largest absolute Gasteiger partial charge is 0.495 e. The minimum absolute atomic E-state index is 0.0543. The molecule has 0 aliphatic carbocycles. The Morgan fingerprint density at radius 3 is 2.74 bits per heavy atom. The molecule has 0 aromatic heterocycles. The first-order valence-corrected chi connectivity index (χ1v) is 6.06. The summed E-state index contributed by atoms with van der Waals surface area (Å²) in [7, 11) is 1.61. The highest BCUT2D eigenvalue weighted by Crippen LogP contribution is 2.40. The fourth-order valence-corrected chi connectivity index (χ4v) is 2.46. The summed E-state index contributed by atoms with van der Waals surface area (Å²) in [5, 5.41) is 3.30. The Labute approximate surface area is 110 Å². The molecular weight excluding hydrogens is 248 g/mol. The van der Waals surface area contributed by atoms with Crippen LogP contribution >= 0.6 is 0 Å². The number of methoxy groups -OCH3 is 1. The molecule has 2 nitrogen and oxygen atoms in total. The third kappa shape index (κ3) is 2.03. The van der Waals surface area contributed by atoms with E-state index >= 15 is 0 Å². The van der Waals surface area contributed by atoms with Crippen LogP contribution in [0.5, 0.6) is 5.75 Å². The number of ether oxygens (including phenoxy) is 1. The van der Waals surface area contributed by atoms with Gasteiger partial charge < -0.3 is 10.1 Å². The first-order valence-electron chi connectivity index (χ1n) is 6.06. The lowest BCUT2D eigenvalue weighted by Gasteiger charge is -2.13. The zero-order chi connectivity index (χ0) is 13.4. The zero-order valence-corrected chi connectivity index (χ0v) is 10.4. The van der Waals surface area contributed by atoms with Crippen molar-refractivity contribution in [2.45, 2.75) is 12.5 Å². The highest BCUT2D eigenvalue weighted by molar-refractivity contribution is 5.66. The summed E-state index contributed by atoms with van der Waals surface area (Å²) in [6.45, 7) is 0. The van der Waals surface area contributed by atoms with Gasteiger partial charge in [-0.05, 0) is 35.7 Å². The molecule has 4 heteroatoms. The van der Waals surface area contributed by atoms with Crippen LogP contribution in [0.1, 0.15) is 17.2 Å². The van der Waals surface area contributed by atoms with E-state index in [2.05, 4.69) is 5.32 Å². The van der Waals surface area contributed by atoms with Gasteiger partial charge in [0.15, 0.2) is 11.6 Å². The minimum Gasteiger partial charge on any atom is -0.495 e. The van der Waals surface area contributed by atoms with Crippen LogP contribution in [0.15, 0.2) is 36.4 Å². The summed E-state index contributed by atoms with van der Waals surface area (Å²) in [5.74, 6) is -0.873. The van der Waals surface area contributed by atoms with Crippen LogP contribution in [0.2, 0.25) is 0 Å². The molecule has 0 saturated carbocycles. The number of anilines is 1. The van der Waals surface area contributed by atoms with Crippen LogP contribution in [-0.2, 0) is 6.42 Å². The highest BCUT2D eigenvalue weighted by atomic mass is 19.2. The van der Waals surface area contributed by atoms with Gasteiger partial charge in [0, 0.05) is 0 Å².